The van der Waals surface area contributed by atoms with Crippen molar-refractivity contribution in [2.75, 3.05) is 0 Å². The molecule has 2 aromatic rings. The van der Waals surface area contributed by atoms with Crippen molar-refractivity contribution >= 4 is 11.7 Å². The Morgan fingerprint density at radius 1 is 1.19 bits per heavy atom. The fourth-order valence-electron chi connectivity index (χ4n) is 3.51. The molecule has 4 nitrogen and oxygen atoms in total. The van der Waals surface area contributed by atoms with Gasteiger partial charge in [-0.1, -0.05) is 18.2 Å². The predicted molar refractivity (Wildman–Crippen MR) is 94.6 cm³/mol. The Kier molecular flexibility index (Phi) is 4.88. The number of hydrogen-bond acceptors (Lipinski definition) is 2. The smallest absolute Gasteiger partial charge is 0.354 e. The van der Waals surface area contributed by atoms with Gasteiger partial charge in [0.2, 0.25) is 0 Å². The molecule has 1 aromatic carbocycles. The van der Waals surface area contributed by atoms with E-state index in [0.717, 1.165) is 18.9 Å². The zero-order chi connectivity index (χ0) is 19.9. The number of H-pyrrole nitrogens is 1. The van der Waals surface area contributed by atoms with E-state index in [0.29, 0.717) is 16.8 Å². The van der Waals surface area contributed by atoms with Gasteiger partial charge in [-0.05, 0) is 50.8 Å². The van der Waals surface area contributed by atoms with Crippen molar-refractivity contribution < 1.29 is 22.8 Å². The second kappa shape index (κ2) is 6.87. The van der Waals surface area contributed by atoms with Gasteiger partial charge in [-0.15, -0.1) is 0 Å². The number of alkyl halides is 3. The van der Waals surface area contributed by atoms with Crippen LogP contribution in [0.15, 0.2) is 24.3 Å². The van der Waals surface area contributed by atoms with Crippen LogP contribution >= 0.6 is 0 Å². The van der Waals surface area contributed by atoms with Crippen LogP contribution in [0.4, 0.5) is 13.2 Å². The molecule has 1 amide bonds. The first-order chi connectivity index (χ1) is 12.6. The third-order valence-electron chi connectivity index (χ3n) is 4.92. The minimum atomic E-state index is -4.48. The number of aromatic amines is 1. The molecule has 0 spiro atoms. The number of aryl methyl sites for hydroxylation is 1. The van der Waals surface area contributed by atoms with Gasteiger partial charge in [0.25, 0.3) is 5.91 Å². The second-order valence-electron chi connectivity index (χ2n) is 7.00. The lowest BCUT2D eigenvalue weighted by molar-refractivity contribution is -0.138. The summed E-state index contributed by atoms with van der Waals surface area (Å²) >= 11 is 0. The maximum atomic E-state index is 13.3. The van der Waals surface area contributed by atoms with Crippen LogP contribution in [0.1, 0.15) is 63.0 Å². The van der Waals surface area contributed by atoms with Gasteiger partial charge in [0.1, 0.15) is 5.69 Å². The average Bonchev–Trinajstić information content (AvgIpc) is 3.36. The minimum Gasteiger partial charge on any atom is -0.354 e. The molecule has 3 rings (SSSR count). The lowest BCUT2D eigenvalue weighted by atomic mass is 10.0. The molecule has 0 radical (unpaired) electrons. The third kappa shape index (κ3) is 3.77. The van der Waals surface area contributed by atoms with Crippen molar-refractivity contribution in [1.29, 1.82) is 0 Å². The molecule has 0 saturated heterocycles. The third-order valence-corrected chi connectivity index (χ3v) is 4.92. The topological polar surface area (TPSA) is 53.2 Å². The van der Waals surface area contributed by atoms with Gasteiger partial charge in [-0.25, -0.2) is 0 Å². The van der Waals surface area contributed by atoms with Crippen LogP contribution in [0.25, 0.3) is 0 Å². The van der Waals surface area contributed by atoms with E-state index in [2.05, 4.69) is 4.98 Å². The highest BCUT2D eigenvalue weighted by atomic mass is 19.4. The Balaban J connectivity index is 1.96. The fourth-order valence-corrected chi connectivity index (χ4v) is 3.51. The Bertz CT molecular complexity index is 895. The molecular weight excluding hydrogens is 357 g/mol. The first kappa shape index (κ1) is 19.2. The van der Waals surface area contributed by atoms with E-state index in [1.165, 1.54) is 30.0 Å². The van der Waals surface area contributed by atoms with Crippen LogP contribution in [-0.4, -0.2) is 27.6 Å². The van der Waals surface area contributed by atoms with Crippen LogP contribution in [0.2, 0.25) is 0 Å². The zero-order valence-electron chi connectivity index (χ0n) is 15.4. The lowest BCUT2D eigenvalue weighted by Gasteiger charge is -2.24. The average molecular weight is 378 g/mol. The highest BCUT2D eigenvalue weighted by Crippen LogP contribution is 2.35. The second-order valence-corrected chi connectivity index (χ2v) is 7.00. The number of nitrogens with zero attached hydrogens (tertiary/aromatic N) is 1. The number of Topliss-reactive ketones (excluding diaryl/α,β-unsaturated/α-hetero) is 1. The predicted octanol–water partition coefficient (Wildman–Crippen LogP) is 4.66. The van der Waals surface area contributed by atoms with E-state index >= 15 is 0 Å². The Labute approximate surface area is 155 Å². The number of nitrogens with one attached hydrogen (secondary N) is 1. The van der Waals surface area contributed by atoms with Crippen LogP contribution in [0.5, 0.6) is 0 Å². The van der Waals surface area contributed by atoms with Gasteiger partial charge >= 0.3 is 6.18 Å². The maximum Gasteiger partial charge on any atom is 0.416 e. The summed E-state index contributed by atoms with van der Waals surface area (Å²) < 4.78 is 39.9. The number of hydrogen-bond donors (Lipinski definition) is 1. The van der Waals surface area contributed by atoms with Gasteiger partial charge < -0.3 is 9.88 Å². The molecule has 0 bridgehead atoms. The summed E-state index contributed by atoms with van der Waals surface area (Å²) in [4.78, 5) is 29.4. The van der Waals surface area contributed by atoms with Crippen molar-refractivity contribution in [3.8, 4) is 0 Å². The number of benzene rings is 1. The van der Waals surface area contributed by atoms with E-state index in [1.807, 2.05) is 0 Å². The Hall–Kier alpha value is -2.57. The summed E-state index contributed by atoms with van der Waals surface area (Å²) in [5, 5.41) is 0. The fraction of sp³-hybridized carbons (Fsp3) is 0.400. The molecule has 0 aliphatic heterocycles. The molecular formula is C20H21F3N2O2. The quantitative estimate of drug-likeness (QED) is 0.770. The van der Waals surface area contributed by atoms with Gasteiger partial charge in [-0.2, -0.15) is 13.2 Å². The molecule has 27 heavy (non-hydrogen) atoms. The Morgan fingerprint density at radius 3 is 2.33 bits per heavy atom. The zero-order valence-corrected chi connectivity index (χ0v) is 15.4. The molecule has 1 aliphatic rings. The van der Waals surface area contributed by atoms with Gasteiger partial charge in [0.05, 0.1) is 5.56 Å². The number of carbonyl (C=O) groups excluding carboxylic acids is 2. The summed E-state index contributed by atoms with van der Waals surface area (Å²) in [5.41, 5.74) is 1.21. The van der Waals surface area contributed by atoms with Crippen LogP contribution < -0.4 is 0 Å². The molecule has 1 aromatic heterocycles. The summed E-state index contributed by atoms with van der Waals surface area (Å²) in [6, 6.07) is 5.23. The molecule has 1 saturated carbocycles. The highest BCUT2D eigenvalue weighted by Gasteiger charge is 2.38. The number of rotatable bonds is 5. The first-order valence-electron chi connectivity index (χ1n) is 8.77. The normalized spacial score (nSPS) is 14.3. The minimum absolute atomic E-state index is 0.0676. The number of carbonyl (C=O) groups is 2. The monoisotopic (exact) mass is 378 g/mol. The SMILES string of the molecule is CC(=O)c1c(C)[nH]c(C(=O)N(Cc2ccccc2C(F)(F)F)C2CC2)c1C. The molecule has 0 unspecified atom stereocenters. The summed E-state index contributed by atoms with van der Waals surface area (Å²) in [7, 11) is 0. The van der Waals surface area contributed by atoms with Crippen LogP contribution in [0, 0.1) is 13.8 Å². The van der Waals surface area contributed by atoms with E-state index in [4.69, 9.17) is 0 Å². The van der Waals surface area contributed by atoms with Crippen molar-refractivity contribution in [2.45, 2.75) is 52.4 Å². The summed E-state index contributed by atoms with van der Waals surface area (Å²) in [6.07, 6.45) is -2.95. The lowest BCUT2D eigenvalue weighted by Crippen LogP contribution is -2.34. The summed E-state index contributed by atoms with van der Waals surface area (Å²) in [6.45, 7) is 4.70. The molecule has 1 fully saturated rings. The first-order valence-corrected chi connectivity index (χ1v) is 8.77. The largest absolute Gasteiger partial charge is 0.416 e. The molecule has 144 valence electrons. The van der Waals surface area contributed by atoms with Crippen LogP contribution in [0.3, 0.4) is 0 Å². The van der Waals surface area contributed by atoms with Crippen molar-refractivity contribution in [3.63, 3.8) is 0 Å². The van der Waals surface area contributed by atoms with E-state index in [-0.39, 0.29) is 35.5 Å². The highest BCUT2D eigenvalue weighted by molar-refractivity contribution is 6.02. The summed E-state index contributed by atoms with van der Waals surface area (Å²) in [5.74, 6) is -0.525. The maximum absolute atomic E-state index is 13.3. The van der Waals surface area contributed by atoms with E-state index < -0.39 is 11.7 Å². The number of ketones is 1. The van der Waals surface area contributed by atoms with Gasteiger partial charge in [-0.3, -0.25) is 9.59 Å². The van der Waals surface area contributed by atoms with Crippen molar-refractivity contribution in [3.05, 3.63) is 57.9 Å². The molecule has 0 atom stereocenters. The molecule has 1 heterocycles. The van der Waals surface area contributed by atoms with Crippen molar-refractivity contribution in [2.24, 2.45) is 0 Å². The van der Waals surface area contributed by atoms with Crippen molar-refractivity contribution in [1.82, 2.24) is 9.88 Å². The van der Waals surface area contributed by atoms with Crippen LogP contribution in [-0.2, 0) is 12.7 Å². The standard InChI is InChI=1S/C20H21F3N2O2/c1-11-17(13(3)26)12(2)24-18(11)19(27)25(15-8-9-15)10-14-6-4-5-7-16(14)20(21,22)23/h4-7,15,24H,8-10H2,1-3H3. The molecule has 7 heteroatoms. The molecule has 1 aliphatic carbocycles. The van der Waals surface area contributed by atoms with Gasteiger partial charge in [0, 0.05) is 23.8 Å². The number of aromatic nitrogens is 1. The number of amides is 1. The van der Waals surface area contributed by atoms with Gasteiger partial charge in [0.15, 0.2) is 5.78 Å². The van der Waals surface area contributed by atoms with E-state index in [9.17, 15) is 22.8 Å². The molecule has 1 N–H and O–H groups in total. The number of halogens is 3. The Morgan fingerprint density at radius 2 is 1.81 bits per heavy atom. The van der Waals surface area contributed by atoms with E-state index in [1.54, 1.807) is 13.8 Å².